The topological polar surface area (TPSA) is 73.6 Å². The van der Waals surface area contributed by atoms with Crippen LogP contribution in [-0.4, -0.2) is 19.1 Å². The molecule has 108 valence electrons. The molecule has 0 radical (unpaired) electrons. The van der Waals surface area contributed by atoms with Crippen molar-refractivity contribution in [2.75, 3.05) is 18.0 Å². The second kappa shape index (κ2) is 6.33. The van der Waals surface area contributed by atoms with Crippen LogP contribution in [0.1, 0.15) is 34.3 Å². The maximum atomic E-state index is 11.8. The van der Waals surface area contributed by atoms with Gasteiger partial charge in [-0.15, -0.1) is 0 Å². The summed E-state index contributed by atoms with van der Waals surface area (Å²) in [6, 6.07) is 3.35. The van der Waals surface area contributed by atoms with E-state index in [0.29, 0.717) is 11.0 Å². The van der Waals surface area contributed by atoms with Crippen LogP contribution in [-0.2, 0) is 12.8 Å². The first-order valence-corrected chi connectivity index (χ1v) is 7.24. The summed E-state index contributed by atoms with van der Waals surface area (Å²) in [5.41, 5.74) is 2.78. The molecule has 22 heavy (non-hydrogen) atoms. The van der Waals surface area contributed by atoms with Gasteiger partial charge in [-0.2, -0.15) is 0 Å². The molecule has 0 aliphatic carbocycles. The Labute approximate surface area is 186 Å². The van der Waals surface area contributed by atoms with E-state index in [-0.39, 0.29) is 68.9 Å². The number of carboxylic acids is 1. The van der Waals surface area contributed by atoms with Gasteiger partial charge in [0, 0.05) is 29.7 Å². The molecule has 1 aromatic heterocycles. The number of hydrogen-bond acceptors (Lipinski definition) is 5. The number of anilines is 1. The van der Waals surface area contributed by atoms with Crippen LogP contribution in [0.15, 0.2) is 21.3 Å². The monoisotopic (exact) mass is 417 g/mol. The first-order chi connectivity index (χ1) is 10.1. The van der Waals surface area contributed by atoms with Gasteiger partial charge in [0.05, 0.1) is 11.5 Å². The Morgan fingerprint density at radius 1 is 1.18 bits per heavy atom. The second-order valence-corrected chi connectivity index (χ2v) is 5.71. The Morgan fingerprint density at radius 3 is 2.64 bits per heavy atom. The van der Waals surface area contributed by atoms with Crippen molar-refractivity contribution in [3.05, 3.63) is 39.2 Å². The molecule has 0 amide bonds. The Bertz CT molecular complexity index is 825. The van der Waals surface area contributed by atoms with Crippen LogP contribution in [0.25, 0.3) is 11.0 Å². The molecule has 0 saturated carbocycles. The first-order valence-electron chi connectivity index (χ1n) is 7.24. The standard InChI is InChI=1S/C16H15NO4.Cs/c18-15(19)12-8-10-7-9-3-1-5-17-6-2-4-11(13(9)17)14(10)21-16(12)20;/h7-8H,1-6H2,(H,18,19);/q;+1/p-1. The molecule has 2 aromatic rings. The Kier molecular flexibility index (Phi) is 4.78. The van der Waals surface area contributed by atoms with Crippen LogP contribution >= 0.6 is 0 Å². The van der Waals surface area contributed by atoms with Crippen LogP contribution in [0.2, 0.25) is 0 Å². The molecule has 1 aromatic carbocycles. The molecule has 0 saturated heterocycles. The summed E-state index contributed by atoms with van der Waals surface area (Å²) in [6.07, 6.45) is 3.97. The zero-order chi connectivity index (χ0) is 14.6. The quantitative estimate of drug-likeness (QED) is 0.496. The van der Waals surface area contributed by atoms with Crippen molar-refractivity contribution in [3.8, 4) is 0 Å². The SMILES string of the molecule is O=C([O-])c1cc2cc3c4c(c2oc1=O)CCCN4CCC3.[Cs+]. The van der Waals surface area contributed by atoms with Crippen molar-refractivity contribution in [3.63, 3.8) is 0 Å². The van der Waals surface area contributed by atoms with Crippen molar-refractivity contribution in [2.45, 2.75) is 25.7 Å². The zero-order valence-corrected chi connectivity index (χ0v) is 18.8. The van der Waals surface area contributed by atoms with Gasteiger partial charge in [0.1, 0.15) is 5.58 Å². The number of benzene rings is 1. The fraction of sp³-hybridized carbons (Fsp3) is 0.375. The summed E-state index contributed by atoms with van der Waals surface area (Å²) in [7, 11) is 0. The van der Waals surface area contributed by atoms with Gasteiger partial charge in [-0.05, 0) is 43.4 Å². The number of aromatic carboxylic acids is 1. The number of aryl methyl sites for hydroxylation is 2. The zero-order valence-electron chi connectivity index (χ0n) is 12.5. The average Bonchev–Trinajstić information content (AvgIpc) is 2.48. The summed E-state index contributed by atoms with van der Waals surface area (Å²) in [4.78, 5) is 25.2. The van der Waals surface area contributed by atoms with Gasteiger partial charge >= 0.3 is 74.5 Å². The number of fused-ring (bicyclic) bond motifs is 2. The van der Waals surface area contributed by atoms with E-state index < -0.39 is 17.2 Å². The number of carbonyl (C=O) groups is 1. The number of hydrogen-bond donors (Lipinski definition) is 0. The van der Waals surface area contributed by atoms with Crippen molar-refractivity contribution in [2.24, 2.45) is 0 Å². The molecule has 0 fully saturated rings. The van der Waals surface area contributed by atoms with E-state index in [9.17, 15) is 14.7 Å². The van der Waals surface area contributed by atoms with Crippen molar-refractivity contribution < 1.29 is 83.2 Å². The van der Waals surface area contributed by atoms with E-state index in [2.05, 4.69) is 4.90 Å². The Balaban J connectivity index is 0.00000144. The van der Waals surface area contributed by atoms with Gasteiger partial charge in [-0.25, -0.2) is 4.79 Å². The molecule has 3 heterocycles. The van der Waals surface area contributed by atoms with Gasteiger partial charge in [0.2, 0.25) is 0 Å². The number of nitrogens with zero attached hydrogens (tertiary/aromatic N) is 1. The summed E-state index contributed by atoms with van der Waals surface area (Å²) in [5, 5.41) is 11.7. The van der Waals surface area contributed by atoms with Crippen LogP contribution < -0.4 is 84.5 Å². The molecule has 2 aliphatic rings. The average molecular weight is 417 g/mol. The molecule has 0 unspecified atom stereocenters. The molecule has 2 aliphatic heterocycles. The minimum Gasteiger partial charge on any atom is -0.545 e. The van der Waals surface area contributed by atoms with Gasteiger partial charge in [-0.1, -0.05) is 0 Å². The minimum absolute atomic E-state index is 0. The molecule has 6 heteroatoms. The smallest absolute Gasteiger partial charge is 0.545 e. The number of carbonyl (C=O) groups excluding carboxylic acids is 1. The van der Waals surface area contributed by atoms with Gasteiger partial charge in [-0.3, -0.25) is 0 Å². The molecule has 0 atom stereocenters. The summed E-state index contributed by atoms with van der Waals surface area (Å²) in [6.45, 7) is 2.07. The fourth-order valence-corrected chi connectivity index (χ4v) is 3.59. The molecule has 0 spiro atoms. The molecule has 4 rings (SSSR count). The van der Waals surface area contributed by atoms with Crippen LogP contribution in [0.5, 0.6) is 0 Å². The number of carboxylic acid groups (broad SMARTS) is 1. The van der Waals surface area contributed by atoms with Gasteiger partial charge in [0.15, 0.2) is 0 Å². The molecule has 0 N–H and O–H groups in total. The van der Waals surface area contributed by atoms with Crippen LogP contribution in [0.3, 0.4) is 0 Å². The van der Waals surface area contributed by atoms with E-state index in [1.54, 1.807) is 0 Å². The van der Waals surface area contributed by atoms with Crippen molar-refractivity contribution in [1.29, 1.82) is 0 Å². The second-order valence-electron chi connectivity index (χ2n) is 5.71. The van der Waals surface area contributed by atoms with Crippen molar-refractivity contribution >= 4 is 22.6 Å². The Hall–Kier alpha value is -0.248. The molecule has 5 nitrogen and oxygen atoms in total. The maximum Gasteiger partial charge on any atom is 1.00 e. The summed E-state index contributed by atoms with van der Waals surface area (Å²) in [5.74, 6) is -1.49. The predicted octanol–water partition coefficient (Wildman–Crippen LogP) is -2.14. The molecular weight excluding hydrogens is 403 g/mol. The third-order valence-corrected chi connectivity index (χ3v) is 4.44. The Morgan fingerprint density at radius 2 is 1.91 bits per heavy atom. The molecular formula is C16H14CsNO4. The van der Waals surface area contributed by atoms with E-state index >= 15 is 0 Å². The van der Waals surface area contributed by atoms with Gasteiger partial charge in [0.25, 0.3) is 0 Å². The van der Waals surface area contributed by atoms with E-state index in [1.807, 2.05) is 6.07 Å². The largest absolute Gasteiger partial charge is 1.00 e. The van der Waals surface area contributed by atoms with Crippen molar-refractivity contribution in [1.82, 2.24) is 0 Å². The van der Waals surface area contributed by atoms with Gasteiger partial charge < -0.3 is 19.2 Å². The molecule has 0 bridgehead atoms. The maximum absolute atomic E-state index is 11.8. The van der Waals surface area contributed by atoms with E-state index in [0.717, 1.165) is 44.3 Å². The normalized spacial score (nSPS) is 16.1. The third-order valence-electron chi connectivity index (χ3n) is 4.44. The summed E-state index contributed by atoms with van der Waals surface area (Å²) < 4.78 is 5.32. The van der Waals surface area contributed by atoms with E-state index in [1.165, 1.54) is 17.3 Å². The first kappa shape index (κ1) is 16.6. The van der Waals surface area contributed by atoms with Crippen LogP contribution in [0, 0.1) is 0 Å². The van der Waals surface area contributed by atoms with Crippen LogP contribution in [0.4, 0.5) is 5.69 Å². The summed E-state index contributed by atoms with van der Waals surface area (Å²) >= 11 is 0. The minimum atomic E-state index is -1.49. The van der Waals surface area contributed by atoms with E-state index in [4.69, 9.17) is 4.42 Å². The number of rotatable bonds is 1. The third kappa shape index (κ3) is 2.59. The fourth-order valence-electron chi connectivity index (χ4n) is 3.59. The predicted molar refractivity (Wildman–Crippen MR) is 75.7 cm³/mol.